The number of hydrogen-bond acceptors (Lipinski definition) is 2. The zero-order valence-electron chi connectivity index (χ0n) is 9.16. The Balaban J connectivity index is 3.88. The van der Waals surface area contributed by atoms with Gasteiger partial charge in [0.2, 0.25) is 0 Å². The van der Waals surface area contributed by atoms with Crippen molar-refractivity contribution in [2.45, 2.75) is 25.7 Å². The van der Waals surface area contributed by atoms with Crippen LogP contribution in [0.1, 0.15) is 0 Å². The van der Waals surface area contributed by atoms with Crippen LogP contribution in [0, 0.1) is 0 Å². The molecule has 0 rings (SSSR count). The molecule has 0 aromatic heterocycles. The summed E-state index contributed by atoms with van der Waals surface area (Å²) in [5, 5.41) is 11.6. The van der Waals surface area contributed by atoms with Gasteiger partial charge in [0.1, 0.15) is 0 Å². The number of nitrogens with zero attached hydrogens (tertiary/aromatic N) is 2. The van der Waals surface area contributed by atoms with Crippen LogP contribution < -0.4 is 0 Å². The molecule has 0 atom stereocenters. The minimum absolute atomic E-state index is 0.818. The van der Waals surface area contributed by atoms with E-state index in [9.17, 15) is 4.79 Å². The molecule has 0 aromatic carbocycles. The van der Waals surface area contributed by atoms with Gasteiger partial charge in [-0.25, -0.2) is 14.8 Å². The van der Waals surface area contributed by atoms with Gasteiger partial charge in [-0.05, 0) is 6.04 Å². The lowest BCUT2D eigenvalue weighted by Gasteiger charge is -2.28. The van der Waals surface area contributed by atoms with Crippen molar-refractivity contribution >= 4 is 14.2 Å². The summed E-state index contributed by atoms with van der Waals surface area (Å²) >= 11 is 0. The van der Waals surface area contributed by atoms with Gasteiger partial charge >= 0.3 is 6.09 Å². The maximum atomic E-state index is 10.6. The van der Waals surface area contributed by atoms with E-state index in [-0.39, 0.29) is 0 Å². The van der Waals surface area contributed by atoms with E-state index in [0.29, 0.717) is 0 Å². The van der Waals surface area contributed by atoms with Crippen molar-refractivity contribution < 1.29 is 9.90 Å². The minimum atomic E-state index is -1.06. The van der Waals surface area contributed by atoms with Crippen LogP contribution in [0.25, 0.3) is 0 Å². The summed E-state index contributed by atoms with van der Waals surface area (Å²) < 4.78 is 0. The zero-order chi connectivity index (χ0) is 10.6. The van der Waals surface area contributed by atoms with E-state index in [2.05, 4.69) is 19.6 Å². The highest BCUT2D eigenvalue weighted by atomic mass is 28.3. The topological polar surface area (TPSA) is 43.8 Å². The molecule has 5 heteroatoms. The average Bonchev–Trinajstić information content (AvgIpc) is 1.97. The van der Waals surface area contributed by atoms with Gasteiger partial charge in [0, 0.05) is 28.7 Å². The molecule has 0 fully saturated rings. The van der Waals surface area contributed by atoms with Crippen LogP contribution >= 0.6 is 0 Å². The molecule has 0 unspecified atom stereocenters. The Morgan fingerprint density at radius 2 is 1.77 bits per heavy atom. The standard InChI is InChI=1S/C8H20N2O2Si/c1-9(10(2)8(11)12)6-7-13(3,4)5/h6-7H2,1-5H3,(H,11,12). The highest BCUT2D eigenvalue weighted by molar-refractivity contribution is 6.76. The summed E-state index contributed by atoms with van der Waals surface area (Å²) in [6.07, 6.45) is -0.905. The molecule has 0 saturated carbocycles. The number of rotatable bonds is 4. The molecule has 0 aliphatic heterocycles. The summed E-state index contributed by atoms with van der Waals surface area (Å²) in [7, 11) is 2.30. The molecule has 0 saturated heterocycles. The van der Waals surface area contributed by atoms with E-state index in [1.807, 2.05) is 0 Å². The largest absolute Gasteiger partial charge is 0.464 e. The number of hydrazine groups is 1. The molecular formula is C8H20N2O2Si. The molecule has 0 spiro atoms. The second kappa shape index (κ2) is 4.62. The van der Waals surface area contributed by atoms with Gasteiger partial charge in [-0.1, -0.05) is 19.6 Å². The molecule has 0 aliphatic rings. The molecule has 0 aliphatic carbocycles. The van der Waals surface area contributed by atoms with E-state index in [0.717, 1.165) is 12.6 Å². The van der Waals surface area contributed by atoms with Crippen LogP contribution in [0.15, 0.2) is 0 Å². The molecule has 1 amide bonds. The van der Waals surface area contributed by atoms with Crippen molar-refractivity contribution in [2.24, 2.45) is 0 Å². The molecular weight excluding hydrogens is 184 g/mol. The maximum Gasteiger partial charge on any atom is 0.421 e. The lowest BCUT2D eigenvalue weighted by atomic mass is 10.7. The predicted octanol–water partition coefficient (Wildman–Crippen LogP) is 1.78. The highest BCUT2D eigenvalue weighted by Crippen LogP contribution is 2.08. The van der Waals surface area contributed by atoms with Crippen LogP contribution in [0.5, 0.6) is 0 Å². The molecule has 0 aromatic rings. The van der Waals surface area contributed by atoms with Crippen molar-refractivity contribution in [3.63, 3.8) is 0 Å². The first-order valence-corrected chi connectivity index (χ1v) is 8.12. The van der Waals surface area contributed by atoms with Crippen molar-refractivity contribution in [1.29, 1.82) is 0 Å². The number of hydrogen-bond donors (Lipinski definition) is 1. The SMILES string of the molecule is CN(CC[Si](C)(C)C)N(C)C(=O)O. The van der Waals surface area contributed by atoms with Crippen molar-refractivity contribution in [3.05, 3.63) is 0 Å². The lowest BCUT2D eigenvalue weighted by molar-refractivity contribution is 0.0369. The summed E-state index contributed by atoms with van der Waals surface area (Å²) in [5.74, 6) is 0. The Morgan fingerprint density at radius 1 is 1.31 bits per heavy atom. The Bertz CT molecular complexity index is 179. The van der Waals surface area contributed by atoms with Gasteiger partial charge in [0.25, 0.3) is 0 Å². The number of amides is 1. The van der Waals surface area contributed by atoms with Crippen LogP contribution in [-0.2, 0) is 0 Å². The second-order valence-electron chi connectivity index (χ2n) is 4.50. The first-order chi connectivity index (χ1) is 5.74. The van der Waals surface area contributed by atoms with E-state index in [1.165, 1.54) is 5.01 Å². The van der Waals surface area contributed by atoms with Crippen molar-refractivity contribution in [2.75, 3.05) is 20.6 Å². The monoisotopic (exact) mass is 204 g/mol. The van der Waals surface area contributed by atoms with Crippen molar-refractivity contribution in [1.82, 2.24) is 10.0 Å². The molecule has 1 N–H and O–H groups in total. The molecule has 78 valence electrons. The fourth-order valence-corrected chi connectivity index (χ4v) is 1.79. The van der Waals surface area contributed by atoms with Gasteiger partial charge in [-0.3, -0.25) is 0 Å². The number of carbonyl (C=O) groups is 1. The van der Waals surface area contributed by atoms with Crippen LogP contribution in [-0.4, -0.2) is 49.9 Å². The van der Waals surface area contributed by atoms with Gasteiger partial charge in [0.05, 0.1) is 0 Å². The molecule has 0 radical (unpaired) electrons. The quantitative estimate of drug-likeness (QED) is 0.561. The third kappa shape index (κ3) is 5.65. The van der Waals surface area contributed by atoms with Gasteiger partial charge in [-0.2, -0.15) is 0 Å². The Labute approximate surface area is 81.1 Å². The number of carboxylic acid groups (broad SMARTS) is 1. The first-order valence-electron chi connectivity index (χ1n) is 4.42. The predicted molar refractivity (Wildman–Crippen MR) is 56.6 cm³/mol. The van der Waals surface area contributed by atoms with Gasteiger partial charge in [-0.15, -0.1) is 0 Å². The first kappa shape index (κ1) is 12.4. The Kier molecular flexibility index (Phi) is 4.42. The van der Waals surface area contributed by atoms with Gasteiger partial charge in [0.15, 0.2) is 0 Å². The Morgan fingerprint density at radius 3 is 2.08 bits per heavy atom. The normalized spacial score (nSPS) is 11.8. The van der Waals surface area contributed by atoms with E-state index < -0.39 is 14.2 Å². The lowest BCUT2D eigenvalue weighted by Crippen LogP contribution is -2.42. The summed E-state index contributed by atoms with van der Waals surface area (Å²) in [5.41, 5.74) is 0. The summed E-state index contributed by atoms with van der Waals surface area (Å²) in [4.78, 5) is 10.6. The third-order valence-corrected chi connectivity index (χ3v) is 3.70. The third-order valence-electron chi connectivity index (χ3n) is 1.97. The average molecular weight is 204 g/mol. The van der Waals surface area contributed by atoms with E-state index >= 15 is 0 Å². The fourth-order valence-electron chi connectivity index (χ4n) is 0.793. The van der Waals surface area contributed by atoms with Crippen LogP contribution in [0.2, 0.25) is 25.7 Å². The molecule has 0 heterocycles. The van der Waals surface area contributed by atoms with Gasteiger partial charge < -0.3 is 5.11 Å². The molecule has 4 nitrogen and oxygen atoms in total. The fraction of sp³-hybridized carbons (Fsp3) is 0.875. The summed E-state index contributed by atoms with van der Waals surface area (Å²) in [6.45, 7) is 7.66. The Hall–Kier alpha value is -0.553. The van der Waals surface area contributed by atoms with Crippen LogP contribution in [0.3, 0.4) is 0 Å². The molecule has 13 heavy (non-hydrogen) atoms. The maximum absolute atomic E-state index is 10.6. The second-order valence-corrected chi connectivity index (χ2v) is 10.1. The molecule has 0 bridgehead atoms. The van der Waals surface area contributed by atoms with E-state index in [1.54, 1.807) is 19.1 Å². The smallest absolute Gasteiger partial charge is 0.421 e. The van der Waals surface area contributed by atoms with Crippen LogP contribution in [0.4, 0.5) is 4.79 Å². The highest BCUT2D eigenvalue weighted by Gasteiger charge is 2.17. The minimum Gasteiger partial charge on any atom is -0.464 e. The van der Waals surface area contributed by atoms with E-state index in [4.69, 9.17) is 5.11 Å². The summed E-state index contributed by atoms with van der Waals surface area (Å²) in [6, 6.07) is 1.11. The van der Waals surface area contributed by atoms with Crippen molar-refractivity contribution in [3.8, 4) is 0 Å². The zero-order valence-corrected chi connectivity index (χ0v) is 10.2.